The van der Waals surface area contributed by atoms with Gasteiger partial charge in [-0.05, 0) is 51.8 Å². The van der Waals surface area contributed by atoms with Crippen LogP contribution >= 0.6 is 24.8 Å². The molecule has 1 fully saturated rings. The summed E-state index contributed by atoms with van der Waals surface area (Å²) < 4.78 is 1.88. The Morgan fingerprint density at radius 1 is 1.27 bits per heavy atom. The van der Waals surface area contributed by atoms with Gasteiger partial charge in [-0.1, -0.05) is 30.3 Å². The van der Waals surface area contributed by atoms with Gasteiger partial charge >= 0.3 is 0 Å². The van der Waals surface area contributed by atoms with Crippen molar-refractivity contribution in [3.05, 3.63) is 48.2 Å². The molecule has 2 N–H and O–H groups in total. The molecular weight excluding hydrogens is 421 g/mol. The maximum Gasteiger partial charge on any atom is 0.252 e. The van der Waals surface area contributed by atoms with Crippen LogP contribution in [0, 0.1) is 5.92 Å². The topological polar surface area (TPSA) is 71.8 Å². The van der Waals surface area contributed by atoms with Gasteiger partial charge in [-0.25, -0.2) is 9.67 Å². The highest BCUT2D eigenvalue weighted by Crippen LogP contribution is 2.26. The zero-order valence-electron chi connectivity index (χ0n) is 17.3. The van der Waals surface area contributed by atoms with Crippen LogP contribution in [0.5, 0.6) is 0 Å². The van der Waals surface area contributed by atoms with Gasteiger partial charge < -0.3 is 10.6 Å². The number of hydrogen-bond donors (Lipinski definition) is 2. The molecule has 3 aromatic rings. The molecule has 0 spiro atoms. The number of amides is 1. The van der Waals surface area contributed by atoms with Crippen molar-refractivity contribution in [2.75, 3.05) is 19.6 Å². The molecule has 2 aromatic heterocycles. The maximum absolute atomic E-state index is 13.1. The van der Waals surface area contributed by atoms with E-state index in [2.05, 4.69) is 29.6 Å². The molecule has 8 heteroatoms. The number of nitrogens with one attached hydrogen (secondary N) is 2. The van der Waals surface area contributed by atoms with Gasteiger partial charge in [0.25, 0.3) is 5.91 Å². The van der Waals surface area contributed by atoms with Crippen molar-refractivity contribution in [3.63, 3.8) is 0 Å². The second-order valence-corrected chi connectivity index (χ2v) is 7.76. The third-order valence-electron chi connectivity index (χ3n) is 5.32. The van der Waals surface area contributed by atoms with Crippen molar-refractivity contribution in [2.24, 2.45) is 5.92 Å². The zero-order chi connectivity index (χ0) is 19.5. The minimum absolute atomic E-state index is 0. The summed E-state index contributed by atoms with van der Waals surface area (Å²) in [6.45, 7) is 6.86. The first-order valence-electron chi connectivity index (χ1n) is 10.1. The van der Waals surface area contributed by atoms with Gasteiger partial charge in [0.05, 0.1) is 22.8 Å². The SMILES string of the molecule is CC(C)n1ncc2c(C(=O)NCC3CCCNC3)cc(-c3ccccc3)nc21.Cl.Cl. The number of fused-ring (bicyclic) bond motifs is 1. The van der Waals surface area contributed by atoms with Gasteiger partial charge in [0.1, 0.15) is 0 Å². The number of benzene rings is 1. The van der Waals surface area contributed by atoms with E-state index in [-0.39, 0.29) is 36.8 Å². The Bertz CT molecular complexity index is 968. The summed E-state index contributed by atoms with van der Waals surface area (Å²) >= 11 is 0. The van der Waals surface area contributed by atoms with Gasteiger partial charge in [0, 0.05) is 18.2 Å². The van der Waals surface area contributed by atoms with E-state index in [1.165, 1.54) is 6.42 Å². The average molecular weight is 450 g/mol. The summed E-state index contributed by atoms with van der Waals surface area (Å²) in [5.41, 5.74) is 3.17. The highest BCUT2D eigenvalue weighted by Gasteiger charge is 2.20. The number of nitrogens with zero attached hydrogens (tertiary/aromatic N) is 3. The highest BCUT2D eigenvalue weighted by atomic mass is 35.5. The molecule has 1 aliphatic heterocycles. The molecule has 30 heavy (non-hydrogen) atoms. The van der Waals surface area contributed by atoms with E-state index in [1.54, 1.807) is 6.20 Å². The van der Waals surface area contributed by atoms with E-state index in [9.17, 15) is 4.79 Å². The third kappa shape index (κ3) is 5.12. The molecule has 0 saturated carbocycles. The molecule has 4 rings (SSSR count). The second kappa shape index (κ2) is 10.8. The summed E-state index contributed by atoms with van der Waals surface area (Å²) in [5, 5.41) is 11.8. The van der Waals surface area contributed by atoms with Gasteiger partial charge in [-0.15, -0.1) is 24.8 Å². The van der Waals surface area contributed by atoms with E-state index in [0.717, 1.165) is 41.8 Å². The molecule has 1 saturated heterocycles. The van der Waals surface area contributed by atoms with Crippen LogP contribution in [-0.4, -0.2) is 40.3 Å². The van der Waals surface area contributed by atoms with Crippen LogP contribution in [-0.2, 0) is 0 Å². The smallest absolute Gasteiger partial charge is 0.252 e. The second-order valence-electron chi connectivity index (χ2n) is 7.76. The average Bonchev–Trinajstić information content (AvgIpc) is 3.17. The number of carbonyl (C=O) groups excluding carboxylic acids is 1. The van der Waals surface area contributed by atoms with Gasteiger partial charge in [-0.3, -0.25) is 4.79 Å². The first-order chi connectivity index (χ1) is 13.6. The number of halogens is 2. The van der Waals surface area contributed by atoms with Crippen LogP contribution < -0.4 is 10.6 Å². The van der Waals surface area contributed by atoms with Crippen molar-refractivity contribution in [1.82, 2.24) is 25.4 Å². The molecule has 162 valence electrons. The fourth-order valence-corrected chi connectivity index (χ4v) is 3.77. The lowest BCUT2D eigenvalue weighted by molar-refractivity contribution is 0.0946. The van der Waals surface area contributed by atoms with E-state index in [0.29, 0.717) is 18.0 Å². The molecule has 0 radical (unpaired) electrons. The number of hydrogen-bond acceptors (Lipinski definition) is 4. The molecular formula is C22H29Cl2N5O. The number of aromatic nitrogens is 3. The van der Waals surface area contributed by atoms with Crippen molar-refractivity contribution in [3.8, 4) is 11.3 Å². The molecule has 1 aliphatic rings. The zero-order valence-corrected chi connectivity index (χ0v) is 18.9. The fourth-order valence-electron chi connectivity index (χ4n) is 3.77. The third-order valence-corrected chi connectivity index (χ3v) is 5.32. The number of piperidine rings is 1. The molecule has 3 heterocycles. The van der Waals surface area contributed by atoms with Crippen LogP contribution in [0.2, 0.25) is 0 Å². The maximum atomic E-state index is 13.1. The van der Waals surface area contributed by atoms with Crippen molar-refractivity contribution < 1.29 is 4.79 Å². The molecule has 1 aromatic carbocycles. The van der Waals surface area contributed by atoms with Gasteiger partial charge in [0.2, 0.25) is 0 Å². The minimum atomic E-state index is -0.0570. The molecule has 1 unspecified atom stereocenters. The summed E-state index contributed by atoms with van der Waals surface area (Å²) in [6.07, 6.45) is 4.08. The summed E-state index contributed by atoms with van der Waals surface area (Å²) in [4.78, 5) is 17.9. The monoisotopic (exact) mass is 449 g/mol. The van der Waals surface area contributed by atoms with Crippen LogP contribution in [0.25, 0.3) is 22.3 Å². The fraction of sp³-hybridized carbons (Fsp3) is 0.409. The Kier molecular flexibility index (Phi) is 8.65. The Morgan fingerprint density at radius 2 is 2.03 bits per heavy atom. The van der Waals surface area contributed by atoms with Crippen molar-refractivity contribution in [1.29, 1.82) is 0 Å². The van der Waals surface area contributed by atoms with Gasteiger partial charge in [0.15, 0.2) is 5.65 Å². The number of carbonyl (C=O) groups is 1. The summed E-state index contributed by atoms with van der Waals surface area (Å²) in [6, 6.07) is 12.0. The Morgan fingerprint density at radius 3 is 2.70 bits per heavy atom. The predicted molar refractivity (Wildman–Crippen MR) is 126 cm³/mol. The number of pyridine rings is 1. The molecule has 6 nitrogen and oxygen atoms in total. The Labute approximate surface area is 189 Å². The Hall–Kier alpha value is -2.15. The quantitative estimate of drug-likeness (QED) is 0.610. The predicted octanol–water partition coefficient (Wildman–Crippen LogP) is 4.25. The standard InChI is InChI=1S/C22H27N5O.2ClH/c1-15(2)27-21-19(14-25-27)18(11-20(26-21)17-8-4-3-5-9-17)22(28)24-13-16-7-6-10-23-12-16;;/h3-5,8-9,11,14-16,23H,6-7,10,12-13H2,1-2H3,(H,24,28);2*1H. The van der Waals surface area contributed by atoms with Crippen LogP contribution in [0.4, 0.5) is 0 Å². The molecule has 1 amide bonds. The molecule has 0 bridgehead atoms. The van der Waals surface area contributed by atoms with Gasteiger partial charge in [-0.2, -0.15) is 5.10 Å². The lowest BCUT2D eigenvalue weighted by Crippen LogP contribution is -2.38. The molecule has 0 aliphatic carbocycles. The normalized spacial score (nSPS) is 16.0. The highest BCUT2D eigenvalue weighted by molar-refractivity contribution is 6.06. The van der Waals surface area contributed by atoms with Crippen LogP contribution in [0.1, 0.15) is 43.1 Å². The van der Waals surface area contributed by atoms with Crippen LogP contribution in [0.15, 0.2) is 42.6 Å². The summed E-state index contributed by atoms with van der Waals surface area (Å²) in [5.74, 6) is 0.431. The Balaban J connectivity index is 0.00000160. The first kappa shape index (κ1) is 24.1. The van der Waals surface area contributed by atoms with E-state index >= 15 is 0 Å². The number of rotatable bonds is 5. The first-order valence-corrected chi connectivity index (χ1v) is 10.1. The van der Waals surface area contributed by atoms with E-state index < -0.39 is 0 Å². The lowest BCUT2D eigenvalue weighted by atomic mass is 9.99. The van der Waals surface area contributed by atoms with Crippen molar-refractivity contribution >= 4 is 41.8 Å². The summed E-state index contributed by atoms with van der Waals surface area (Å²) in [7, 11) is 0. The minimum Gasteiger partial charge on any atom is -0.352 e. The van der Waals surface area contributed by atoms with E-state index in [1.807, 2.05) is 41.1 Å². The lowest BCUT2D eigenvalue weighted by Gasteiger charge is -2.23. The van der Waals surface area contributed by atoms with E-state index in [4.69, 9.17) is 4.98 Å². The van der Waals surface area contributed by atoms with Crippen LogP contribution in [0.3, 0.4) is 0 Å². The molecule has 1 atom stereocenters. The van der Waals surface area contributed by atoms with Crippen molar-refractivity contribution in [2.45, 2.75) is 32.7 Å². The largest absolute Gasteiger partial charge is 0.352 e.